The molecule has 0 aromatic rings. The molecule has 0 N–H and O–H groups in total. The molecule has 0 amide bonds. The minimum Gasteiger partial charge on any atom is -0.299 e. The lowest BCUT2D eigenvalue weighted by Gasteiger charge is -2.09. The molecule has 1 saturated carbocycles. The summed E-state index contributed by atoms with van der Waals surface area (Å²) >= 11 is 0. The Morgan fingerprint density at radius 1 is 1.60 bits per heavy atom. The Morgan fingerprint density at radius 2 is 2.20 bits per heavy atom. The monoisotopic (exact) mass is 220 g/mol. The number of Topliss-reactive ketones (excluding diaryl/α,β-unsaturated/α-hetero) is 1. The second-order valence-electron chi connectivity index (χ2n) is 3.65. The highest BCUT2D eigenvalue weighted by Gasteiger charge is 2.63. The van der Waals surface area contributed by atoms with Crippen molar-refractivity contribution in [1.29, 1.82) is 0 Å². The third-order valence-corrected chi connectivity index (χ3v) is 3.59. The van der Waals surface area contributed by atoms with Crippen molar-refractivity contribution in [2.45, 2.75) is 13.3 Å². The van der Waals surface area contributed by atoms with Gasteiger partial charge in [0.1, 0.15) is 5.78 Å². The molecular formula is C12H13O2P. The van der Waals surface area contributed by atoms with Gasteiger partial charge in [-0.05, 0) is 18.7 Å². The summed E-state index contributed by atoms with van der Waals surface area (Å²) in [6, 6.07) is 0. The van der Waals surface area contributed by atoms with Gasteiger partial charge in [0.05, 0.1) is 5.41 Å². The van der Waals surface area contributed by atoms with Crippen molar-refractivity contribution in [1.82, 2.24) is 0 Å². The summed E-state index contributed by atoms with van der Waals surface area (Å²) in [5, 5.41) is 0.844. The van der Waals surface area contributed by atoms with Crippen molar-refractivity contribution in [3.8, 4) is 0 Å². The number of allylic oxidation sites excluding steroid dienone is 2. The van der Waals surface area contributed by atoms with E-state index in [-0.39, 0.29) is 17.5 Å². The Hall–Kier alpha value is -1.23. The zero-order valence-corrected chi connectivity index (χ0v) is 9.64. The fourth-order valence-corrected chi connectivity index (χ4v) is 2.36. The molecule has 0 aromatic heterocycles. The van der Waals surface area contributed by atoms with Crippen LogP contribution >= 0.6 is 8.20 Å². The van der Waals surface area contributed by atoms with Crippen molar-refractivity contribution >= 4 is 26.1 Å². The quantitative estimate of drug-likeness (QED) is 0.308. The average Bonchev–Trinajstić information content (AvgIpc) is 2.93. The fraction of sp³-hybridized carbons (Fsp3) is 0.333. The average molecular weight is 220 g/mol. The molecule has 0 radical (unpaired) electrons. The van der Waals surface area contributed by atoms with Crippen molar-refractivity contribution in [2.24, 2.45) is 11.3 Å². The summed E-state index contributed by atoms with van der Waals surface area (Å²) in [6.45, 7) is 8.61. The van der Waals surface area contributed by atoms with Gasteiger partial charge in [-0.3, -0.25) is 9.59 Å². The first-order chi connectivity index (χ1) is 7.00. The minimum absolute atomic E-state index is 0.0498. The van der Waals surface area contributed by atoms with E-state index in [4.69, 9.17) is 0 Å². The van der Waals surface area contributed by atoms with E-state index in [1.807, 2.05) is 0 Å². The van der Waals surface area contributed by atoms with Gasteiger partial charge in [0, 0.05) is 12.0 Å². The first-order valence-electron chi connectivity index (χ1n) is 4.57. The molecule has 1 fully saturated rings. The molecule has 0 aliphatic heterocycles. The van der Waals surface area contributed by atoms with Crippen LogP contribution in [0.1, 0.15) is 13.3 Å². The van der Waals surface area contributed by atoms with Crippen LogP contribution in [0.5, 0.6) is 0 Å². The van der Waals surface area contributed by atoms with E-state index in [0.717, 1.165) is 13.5 Å². The molecule has 0 saturated heterocycles. The topological polar surface area (TPSA) is 34.1 Å². The third kappa shape index (κ3) is 1.79. The van der Waals surface area contributed by atoms with E-state index in [9.17, 15) is 9.59 Å². The maximum atomic E-state index is 11.8. The molecule has 2 unspecified atom stereocenters. The Morgan fingerprint density at radius 3 is 2.60 bits per heavy atom. The van der Waals surface area contributed by atoms with Crippen LogP contribution < -0.4 is 0 Å². The minimum atomic E-state index is -0.882. The van der Waals surface area contributed by atoms with Crippen LogP contribution in [-0.2, 0) is 9.59 Å². The number of ketones is 2. The van der Waals surface area contributed by atoms with Gasteiger partial charge < -0.3 is 0 Å². The lowest BCUT2D eigenvalue weighted by molar-refractivity contribution is -0.131. The van der Waals surface area contributed by atoms with E-state index >= 15 is 0 Å². The van der Waals surface area contributed by atoms with Gasteiger partial charge in [0.2, 0.25) is 0 Å². The van der Waals surface area contributed by atoms with Crippen LogP contribution in [0.4, 0.5) is 0 Å². The molecule has 0 bridgehead atoms. The molecule has 2 nitrogen and oxygen atoms in total. The Bertz CT molecular complexity index is 402. The van der Waals surface area contributed by atoms with Crippen molar-refractivity contribution in [3.63, 3.8) is 0 Å². The standard InChI is InChI=1S/C12H13O2P/c1-5-6-11(14)12(9(3)13)7-10(12)8(2)15-4/h6,10H,1-2,4,7H2,3H3. The summed E-state index contributed by atoms with van der Waals surface area (Å²) in [5.41, 5.74) is 1.54. The smallest absolute Gasteiger partial charge is 0.177 e. The van der Waals surface area contributed by atoms with Crippen LogP contribution in [0.15, 0.2) is 30.3 Å². The van der Waals surface area contributed by atoms with Crippen LogP contribution in [0.25, 0.3) is 0 Å². The third-order valence-electron chi connectivity index (χ3n) is 2.87. The molecule has 1 aliphatic rings. The van der Waals surface area contributed by atoms with Crippen molar-refractivity contribution in [2.75, 3.05) is 0 Å². The van der Waals surface area contributed by atoms with Gasteiger partial charge in [0.25, 0.3) is 0 Å². The highest BCUT2D eigenvalue weighted by molar-refractivity contribution is 7.41. The normalized spacial score (nSPS) is 27.9. The van der Waals surface area contributed by atoms with Crippen LogP contribution in [0.2, 0.25) is 0 Å². The number of carbonyl (C=O) groups excluding carboxylic acids is 2. The van der Waals surface area contributed by atoms with Gasteiger partial charge in [-0.15, -0.1) is 5.73 Å². The van der Waals surface area contributed by atoms with E-state index < -0.39 is 5.41 Å². The SMILES string of the molecule is C=C=CC(=O)C1(C(C)=O)CC1C(=C)P=C. The maximum absolute atomic E-state index is 11.8. The van der Waals surface area contributed by atoms with Crippen molar-refractivity contribution in [3.05, 3.63) is 30.3 Å². The van der Waals surface area contributed by atoms with E-state index in [0.29, 0.717) is 6.42 Å². The lowest BCUT2D eigenvalue weighted by atomic mass is 9.93. The Labute approximate surface area is 91.2 Å². The molecule has 15 heavy (non-hydrogen) atoms. The van der Waals surface area contributed by atoms with Gasteiger partial charge >= 0.3 is 0 Å². The number of rotatable bonds is 5. The van der Waals surface area contributed by atoms with E-state index in [1.165, 1.54) is 13.0 Å². The molecule has 1 aliphatic carbocycles. The van der Waals surface area contributed by atoms with Crippen LogP contribution in [0, 0.1) is 11.3 Å². The molecule has 78 valence electrons. The summed E-state index contributed by atoms with van der Waals surface area (Å²) in [7, 11) is 0.791. The summed E-state index contributed by atoms with van der Waals surface area (Å²) in [5.74, 6) is -0.361. The van der Waals surface area contributed by atoms with Crippen LogP contribution in [-0.4, -0.2) is 17.9 Å². The molecular weight excluding hydrogens is 207 g/mol. The Kier molecular flexibility index (Phi) is 3.24. The molecule has 3 heteroatoms. The van der Waals surface area contributed by atoms with Gasteiger partial charge in [-0.1, -0.05) is 27.7 Å². The largest absolute Gasteiger partial charge is 0.299 e. The molecule has 0 heterocycles. The highest BCUT2D eigenvalue weighted by Crippen LogP contribution is 2.59. The molecule has 0 spiro atoms. The highest BCUT2D eigenvalue weighted by atomic mass is 31.1. The fourth-order valence-electron chi connectivity index (χ4n) is 1.83. The lowest BCUT2D eigenvalue weighted by Crippen LogP contribution is -2.24. The summed E-state index contributed by atoms with van der Waals surface area (Å²) in [4.78, 5) is 23.3. The predicted molar refractivity (Wildman–Crippen MR) is 63.1 cm³/mol. The first kappa shape index (κ1) is 11.8. The second-order valence-corrected chi connectivity index (χ2v) is 4.54. The van der Waals surface area contributed by atoms with Crippen molar-refractivity contribution < 1.29 is 9.59 Å². The Balaban J connectivity index is 3.02. The summed E-state index contributed by atoms with van der Waals surface area (Å²) in [6.07, 6.45) is 5.49. The summed E-state index contributed by atoms with van der Waals surface area (Å²) < 4.78 is 0. The number of carbonyl (C=O) groups is 2. The maximum Gasteiger partial charge on any atom is 0.177 e. The zero-order valence-electron chi connectivity index (χ0n) is 8.75. The number of hydrogen-bond acceptors (Lipinski definition) is 2. The van der Waals surface area contributed by atoms with E-state index in [2.05, 4.69) is 25.2 Å². The number of hydrogen-bond donors (Lipinski definition) is 0. The second kappa shape index (κ2) is 4.10. The van der Waals surface area contributed by atoms with E-state index in [1.54, 1.807) is 0 Å². The van der Waals surface area contributed by atoms with Gasteiger partial charge in [-0.25, -0.2) is 0 Å². The van der Waals surface area contributed by atoms with Crippen LogP contribution in [0.3, 0.4) is 0 Å². The molecule has 2 atom stereocenters. The van der Waals surface area contributed by atoms with Gasteiger partial charge in [0.15, 0.2) is 5.78 Å². The molecule has 1 rings (SSSR count). The van der Waals surface area contributed by atoms with Gasteiger partial charge in [-0.2, -0.15) is 0 Å². The first-order valence-corrected chi connectivity index (χ1v) is 5.65. The molecule has 0 aromatic carbocycles. The zero-order chi connectivity index (χ0) is 11.6. The predicted octanol–water partition coefficient (Wildman–Crippen LogP) is 2.38.